The van der Waals surface area contributed by atoms with E-state index in [1.807, 2.05) is 67.6 Å². The van der Waals surface area contributed by atoms with Gasteiger partial charge in [-0.25, -0.2) is 9.97 Å². The van der Waals surface area contributed by atoms with Gasteiger partial charge in [0.2, 0.25) is 0 Å². The summed E-state index contributed by atoms with van der Waals surface area (Å²) in [4.78, 5) is 8.00. The van der Waals surface area contributed by atoms with Gasteiger partial charge in [-0.05, 0) is 30.7 Å². The summed E-state index contributed by atoms with van der Waals surface area (Å²) in [6.45, 7) is 2.02. The fourth-order valence-corrected chi connectivity index (χ4v) is 2.99. The highest BCUT2D eigenvalue weighted by Crippen LogP contribution is 2.35. The van der Waals surface area contributed by atoms with Crippen molar-refractivity contribution in [1.82, 2.24) is 9.97 Å². The zero-order valence-electron chi connectivity index (χ0n) is 14.3. The van der Waals surface area contributed by atoms with Crippen molar-refractivity contribution in [2.24, 2.45) is 0 Å². The highest BCUT2D eigenvalue weighted by molar-refractivity contribution is 5.68. The van der Waals surface area contributed by atoms with Gasteiger partial charge in [0.25, 0.3) is 0 Å². The minimum absolute atomic E-state index is 0.646. The first-order valence-corrected chi connectivity index (χ1v) is 8.41. The van der Waals surface area contributed by atoms with Crippen molar-refractivity contribution in [2.45, 2.75) is 13.0 Å². The number of aryl methyl sites for hydroxylation is 1. The van der Waals surface area contributed by atoms with E-state index in [1.54, 1.807) is 12.4 Å². The van der Waals surface area contributed by atoms with Gasteiger partial charge in [-0.2, -0.15) is 0 Å². The largest absolute Gasteiger partial charge is 0.456 e. The summed E-state index contributed by atoms with van der Waals surface area (Å²) in [5.74, 6) is 1.52. The van der Waals surface area contributed by atoms with Crippen LogP contribution in [0.15, 0.2) is 83.8 Å². The fourth-order valence-electron chi connectivity index (χ4n) is 2.99. The van der Waals surface area contributed by atoms with Gasteiger partial charge in [-0.3, -0.25) is 0 Å². The zero-order valence-corrected chi connectivity index (χ0v) is 14.3. The van der Waals surface area contributed by atoms with Gasteiger partial charge in [-0.1, -0.05) is 48.0 Å². The lowest BCUT2D eigenvalue weighted by Crippen LogP contribution is -2.03. The lowest BCUT2D eigenvalue weighted by molar-refractivity contribution is 0.219. The maximum atomic E-state index is 10.8. The second kappa shape index (κ2) is 6.94. The Morgan fingerprint density at radius 2 is 1.62 bits per heavy atom. The summed E-state index contributed by atoms with van der Waals surface area (Å²) in [6.07, 6.45) is 3.87. The van der Waals surface area contributed by atoms with E-state index in [-0.39, 0.29) is 0 Å². The van der Waals surface area contributed by atoms with E-state index in [2.05, 4.69) is 9.97 Å². The van der Waals surface area contributed by atoms with Gasteiger partial charge < -0.3 is 9.52 Å². The van der Waals surface area contributed by atoms with Crippen LogP contribution in [0.1, 0.15) is 22.8 Å². The van der Waals surface area contributed by atoms with Crippen LogP contribution in [0, 0.1) is 6.92 Å². The predicted octanol–water partition coefficient (Wildman–Crippen LogP) is 4.79. The molecule has 128 valence electrons. The van der Waals surface area contributed by atoms with E-state index < -0.39 is 6.10 Å². The highest BCUT2D eigenvalue weighted by Gasteiger charge is 2.18. The number of benzene rings is 2. The van der Waals surface area contributed by atoms with Gasteiger partial charge in [0.05, 0.1) is 0 Å². The monoisotopic (exact) mass is 342 g/mol. The number of furan rings is 1. The van der Waals surface area contributed by atoms with Gasteiger partial charge in [-0.15, -0.1) is 0 Å². The van der Waals surface area contributed by atoms with Crippen molar-refractivity contribution >= 4 is 0 Å². The normalized spacial score (nSPS) is 12.1. The van der Waals surface area contributed by atoms with Crippen LogP contribution in [0.4, 0.5) is 0 Å². The zero-order chi connectivity index (χ0) is 17.9. The van der Waals surface area contributed by atoms with Crippen molar-refractivity contribution in [3.8, 4) is 22.6 Å². The van der Waals surface area contributed by atoms with Gasteiger partial charge >= 0.3 is 0 Å². The molecule has 1 unspecified atom stereocenters. The van der Waals surface area contributed by atoms with E-state index in [9.17, 15) is 5.11 Å². The molecule has 2 aromatic heterocycles. The molecule has 0 amide bonds. The molecule has 4 nitrogen and oxygen atoms in total. The summed E-state index contributed by atoms with van der Waals surface area (Å²) in [7, 11) is 0. The molecule has 4 aromatic rings. The summed E-state index contributed by atoms with van der Waals surface area (Å²) in [5, 5.41) is 10.8. The topological polar surface area (TPSA) is 59.2 Å². The number of aliphatic hydroxyl groups is 1. The molecule has 0 saturated carbocycles. The molecule has 0 aliphatic carbocycles. The van der Waals surface area contributed by atoms with Crippen LogP contribution < -0.4 is 0 Å². The van der Waals surface area contributed by atoms with E-state index in [0.29, 0.717) is 5.56 Å². The Balaban J connectivity index is 1.77. The van der Waals surface area contributed by atoms with Crippen LogP contribution in [0.25, 0.3) is 22.6 Å². The van der Waals surface area contributed by atoms with Crippen LogP contribution in [0.2, 0.25) is 0 Å². The molecular formula is C22H18N2O2. The van der Waals surface area contributed by atoms with Crippen molar-refractivity contribution in [1.29, 1.82) is 0 Å². The molecule has 2 aromatic carbocycles. The second-order valence-electron chi connectivity index (χ2n) is 6.19. The van der Waals surface area contributed by atoms with Crippen LogP contribution >= 0.6 is 0 Å². The molecule has 0 spiro atoms. The number of aliphatic hydroxyl groups excluding tert-OH is 1. The van der Waals surface area contributed by atoms with Crippen molar-refractivity contribution in [2.75, 3.05) is 0 Å². The third kappa shape index (κ3) is 3.15. The minimum Gasteiger partial charge on any atom is -0.456 e. The first-order valence-electron chi connectivity index (χ1n) is 8.41. The first kappa shape index (κ1) is 16.2. The number of hydrogen-bond acceptors (Lipinski definition) is 4. The van der Waals surface area contributed by atoms with Gasteiger partial charge in [0.1, 0.15) is 24.0 Å². The third-order valence-electron chi connectivity index (χ3n) is 4.33. The Kier molecular flexibility index (Phi) is 4.33. The third-order valence-corrected chi connectivity index (χ3v) is 4.33. The van der Waals surface area contributed by atoms with Gasteiger partial charge in [0, 0.05) is 29.1 Å². The molecule has 0 aliphatic rings. The van der Waals surface area contributed by atoms with Crippen LogP contribution in [-0.4, -0.2) is 15.1 Å². The Labute approximate surface area is 151 Å². The summed E-state index contributed by atoms with van der Waals surface area (Å²) in [6, 6.07) is 19.8. The molecule has 0 fully saturated rings. The maximum absolute atomic E-state index is 10.8. The highest BCUT2D eigenvalue weighted by atomic mass is 16.3. The molecule has 0 aliphatic heterocycles. The SMILES string of the molecule is Cc1ccc(C(O)c2cncnc2)c(-c2ccc(-c3ccccc3)o2)c1. The molecule has 0 saturated heterocycles. The number of hydrogen-bond donors (Lipinski definition) is 1. The van der Waals surface area contributed by atoms with E-state index in [4.69, 9.17) is 4.42 Å². The standard InChI is InChI=1S/C22H18N2O2/c1-15-7-8-18(22(25)17-12-23-14-24-13-17)19(11-15)21-10-9-20(26-21)16-5-3-2-4-6-16/h2-14,22,25H,1H3. The average Bonchev–Trinajstić information content (AvgIpc) is 3.19. The summed E-state index contributed by atoms with van der Waals surface area (Å²) < 4.78 is 6.10. The van der Waals surface area contributed by atoms with E-state index in [0.717, 1.165) is 33.8 Å². The lowest BCUT2D eigenvalue weighted by atomic mass is 9.95. The fraction of sp³-hybridized carbons (Fsp3) is 0.0909. The second-order valence-corrected chi connectivity index (χ2v) is 6.19. The lowest BCUT2D eigenvalue weighted by Gasteiger charge is -2.15. The summed E-state index contributed by atoms with van der Waals surface area (Å²) >= 11 is 0. The Morgan fingerprint density at radius 1 is 0.885 bits per heavy atom. The van der Waals surface area contributed by atoms with Crippen LogP contribution in [0.5, 0.6) is 0 Å². The maximum Gasteiger partial charge on any atom is 0.135 e. The molecule has 1 atom stereocenters. The Hall–Kier alpha value is -3.24. The Morgan fingerprint density at radius 3 is 2.38 bits per heavy atom. The van der Waals surface area contributed by atoms with E-state index >= 15 is 0 Å². The molecule has 1 N–H and O–H groups in total. The smallest absolute Gasteiger partial charge is 0.135 e. The first-order chi connectivity index (χ1) is 12.7. The summed E-state index contributed by atoms with van der Waals surface area (Å²) in [5.41, 5.74) is 4.39. The average molecular weight is 342 g/mol. The molecule has 2 heterocycles. The molecule has 0 radical (unpaired) electrons. The van der Waals surface area contributed by atoms with E-state index in [1.165, 1.54) is 6.33 Å². The number of nitrogens with zero attached hydrogens (tertiary/aromatic N) is 2. The molecule has 26 heavy (non-hydrogen) atoms. The molecule has 0 bridgehead atoms. The van der Waals surface area contributed by atoms with Crippen molar-refractivity contribution < 1.29 is 9.52 Å². The van der Waals surface area contributed by atoms with Crippen molar-refractivity contribution in [3.63, 3.8) is 0 Å². The predicted molar refractivity (Wildman–Crippen MR) is 100 cm³/mol. The number of aromatic nitrogens is 2. The number of rotatable bonds is 4. The van der Waals surface area contributed by atoms with Crippen molar-refractivity contribution in [3.05, 3.63) is 96.1 Å². The Bertz CT molecular complexity index is 1010. The quantitative estimate of drug-likeness (QED) is 0.579. The van der Waals surface area contributed by atoms with Crippen LogP contribution in [-0.2, 0) is 0 Å². The van der Waals surface area contributed by atoms with Gasteiger partial charge in [0.15, 0.2) is 0 Å². The molecule has 4 rings (SSSR count). The van der Waals surface area contributed by atoms with Crippen LogP contribution in [0.3, 0.4) is 0 Å². The molecular weight excluding hydrogens is 324 g/mol. The minimum atomic E-state index is -0.822. The molecule has 4 heteroatoms.